The van der Waals surface area contributed by atoms with E-state index in [0.29, 0.717) is 17.1 Å². The minimum absolute atomic E-state index is 0.236. The average molecular weight is 353 g/mol. The number of ether oxygens (including phenoxy) is 4. The third-order valence-corrected chi connectivity index (χ3v) is 4.78. The largest absolute Gasteiger partial charge is 0.497 e. The number of esters is 1. The molecule has 134 valence electrons. The van der Waals surface area contributed by atoms with E-state index >= 15 is 0 Å². The lowest BCUT2D eigenvalue weighted by Crippen LogP contribution is -2.20. The first-order valence-corrected chi connectivity index (χ1v) is 8.23. The number of methoxy groups -OCH3 is 3. The van der Waals surface area contributed by atoms with Crippen molar-refractivity contribution in [1.29, 1.82) is 0 Å². The van der Waals surface area contributed by atoms with Crippen LogP contribution in [0, 0.1) is 0 Å². The number of benzene rings is 2. The molecule has 2 aromatic rings. The summed E-state index contributed by atoms with van der Waals surface area (Å²) in [5.41, 5.74) is 4.09. The van der Waals surface area contributed by atoms with Crippen LogP contribution in [-0.2, 0) is 9.53 Å². The smallest absolute Gasteiger partial charge is 0.337 e. The molecule has 1 N–H and O–H groups in total. The second-order valence-corrected chi connectivity index (χ2v) is 6.09. The van der Waals surface area contributed by atoms with Crippen LogP contribution < -0.4 is 19.5 Å². The lowest BCUT2D eigenvalue weighted by Gasteiger charge is -2.29. The Morgan fingerprint density at radius 2 is 1.73 bits per heavy atom. The van der Waals surface area contributed by atoms with Gasteiger partial charge in [0.05, 0.1) is 32.6 Å². The van der Waals surface area contributed by atoms with E-state index in [9.17, 15) is 4.79 Å². The Labute approximate surface area is 151 Å². The van der Waals surface area contributed by atoms with Crippen molar-refractivity contribution in [3.8, 4) is 17.2 Å². The molecule has 0 fully saturated rings. The van der Waals surface area contributed by atoms with Crippen LogP contribution in [0.4, 0.5) is 5.69 Å². The zero-order chi connectivity index (χ0) is 18.3. The maximum Gasteiger partial charge on any atom is 0.337 e. The van der Waals surface area contributed by atoms with Crippen molar-refractivity contribution in [1.82, 2.24) is 0 Å². The summed E-state index contributed by atoms with van der Waals surface area (Å²) in [5, 5.41) is 3.31. The molecule has 6 nitrogen and oxygen atoms in total. The van der Waals surface area contributed by atoms with E-state index in [1.54, 1.807) is 21.3 Å². The van der Waals surface area contributed by atoms with Crippen molar-refractivity contribution < 1.29 is 23.7 Å². The van der Waals surface area contributed by atoms with Crippen molar-refractivity contribution in [2.75, 3.05) is 33.3 Å². The molecule has 2 aliphatic rings. The Balaban J connectivity index is 1.93. The van der Waals surface area contributed by atoms with Crippen molar-refractivity contribution in [3.05, 3.63) is 58.8 Å². The summed E-state index contributed by atoms with van der Waals surface area (Å²) in [7, 11) is 4.84. The maximum atomic E-state index is 12.4. The molecule has 0 aromatic heterocycles. The highest BCUT2D eigenvalue weighted by Crippen LogP contribution is 2.49. The van der Waals surface area contributed by atoms with Crippen LogP contribution in [0.3, 0.4) is 0 Å². The van der Waals surface area contributed by atoms with Gasteiger partial charge in [-0.25, -0.2) is 4.79 Å². The van der Waals surface area contributed by atoms with Crippen LogP contribution in [0.5, 0.6) is 17.2 Å². The van der Waals surface area contributed by atoms with Crippen LogP contribution in [0.25, 0.3) is 0 Å². The highest BCUT2D eigenvalue weighted by Gasteiger charge is 2.40. The summed E-state index contributed by atoms with van der Waals surface area (Å²) in [6, 6.07) is 11.4. The average Bonchev–Trinajstić information content (AvgIpc) is 3.05. The molecule has 0 unspecified atom stereocenters. The van der Waals surface area contributed by atoms with Gasteiger partial charge < -0.3 is 24.3 Å². The highest BCUT2D eigenvalue weighted by atomic mass is 16.5. The molecule has 1 atom stereocenters. The molecule has 0 aliphatic carbocycles. The minimum atomic E-state index is -0.308. The molecule has 26 heavy (non-hydrogen) atoms. The van der Waals surface area contributed by atoms with E-state index in [4.69, 9.17) is 18.9 Å². The number of carbonyl (C=O) groups is 1. The number of hydrogen-bond donors (Lipinski definition) is 1. The fourth-order valence-electron chi connectivity index (χ4n) is 3.54. The van der Waals surface area contributed by atoms with E-state index in [0.717, 1.165) is 28.3 Å². The van der Waals surface area contributed by atoms with Crippen molar-refractivity contribution >= 4 is 11.7 Å². The van der Waals surface area contributed by atoms with Gasteiger partial charge >= 0.3 is 5.97 Å². The Hall–Kier alpha value is -3.15. The summed E-state index contributed by atoms with van der Waals surface area (Å²) in [6.07, 6.45) is 0. The number of hydrogen-bond acceptors (Lipinski definition) is 6. The lowest BCUT2D eigenvalue weighted by atomic mass is 9.80. The highest BCUT2D eigenvalue weighted by molar-refractivity contribution is 5.97. The zero-order valence-corrected chi connectivity index (χ0v) is 14.8. The van der Waals surface area contributed by atoms with Gasteiger partial charge in [-0.1, -0.05) is 12.1 Å². The number of carbonyl (C=O) groups excluding carboxylic acids is 1. The standard InChI is InChI=1S/C20H19NO5/c1-23-12-6-4-11(5-7-12)17-18-14(8-13(24-2)9-16(18)25-3)21-15-10-26-20(22)19(15)17/h4-9,17,21H,10H2,1-3H3/t17-/m1/s1. The van der Waals surface area contributed by atoms with Gasteiger partial charge in [0.25, 0.3) is 0 Å². The topological polar surface area (TPSA) is 66.0 Å². The predicted octanol–water partition coefficient (Wildman–Crippen LogP) is 3.08. The normalized spacial score (nSPS) is 17.8. The molecule has 0 radical (unpaired) electrons. The second-order valence-electron chi connectivity index (χ2n) is 6.09. The van der Waals surface area contributed by atoms with Crippen LogP contribution in [0.1, 0.15) is 17.0 Å². The first-order valence-electron chi connectivity index (χ1n) is 8.23. The lowest BCUT2D eigenvalue weighted by molar-refractivity contribution is -0.136. The maximum absolute atomic E-state index is 12.4. The molecule has 0 saturated heterocycles. The molecular weight excluding hydrogens is 334 g/mol. The Morgan fingerprint density at radius 1 is 1.00 bits per heavy atom. The van der Waals surface area contributed by atoms with Crippen LogP contribution >= 0.6 is 0 Å². The van der Waals surface area contributed by atoms with Gasteiger partial charge in [0.1, 0.15) is 23.9 Å². The van der Waals surface area contributed by atoms with E-state index in [1.165, 1.54) is 0 Å². The molecule has 2 aromatic carbocycles. The van der Waals surface area contributed by atoms with Crippen LogP contribution in [-0.4, -0.2) is 33.9 Å². The Bertz CT molecular complexity index is 901. The summed E-state index contributed by atoms with van der Waals surface area (Å²) < 4.78 is 21.5. The second kappa shape index (κ2) is 6.29. The molecule has 6 heteroatoms. The summed E-state index contributed by atoms with van der Waals surface area (Å²) in [6.45, 7) is 0.236. The molecule has 0 bridgehead atoms. The van der Waals surface area contributed by atoms with Crippen molar-refractivity contribution in [2.45, 2.75) is 5.92 Å². The van der Waals surface area contributed by atoms with Gasteiger partial charge in [-0.05, 0) is 17.7 Å². The molecule has 2 aliphatic heterocycles. The van der Waals surface area contributed by atoms with Crippen molar-refractivity contribution in [3.63, 3.8) is 0 Å². The van der Waals surface area contributed by atoms with Gasteiger partial charge in [0.2, 0.25) is 0 Å². The van der Waals surface area contributed by atoms with Crippen molar-refractivity contribution in [2.24, 2.45) is 0 Å². The first-order chi connectivity index (χ1) is 12.7. The number of fused-ring (bicyclic) bond motifs is 1. The third kappa shape index (κ3) is 2.45. The monoisotopic (exact) mass is 353 g/mol. The summed E-state index contributed by atoms with van der Waals surface area (Å²) >= 11 is 0. The SMILES string of the molecule is COc1ccc([C@H]2C3=C(COC3=O)Nc3cc(OC)cc(OC)c32)cc1. The molecule has 0 spiro atoms. The Kier molecular flexibility index (Phi) is 3.95. The zero-order valence-electron chi connectivity index (χ0n) is 14.8. The van der Waals surface area contributed by atoms with Gasteiger partial charge in [0.15, 0.2) is 0 Å². The molecule has 4 rings (SSSR count). The van der Waals surface area contributed by atoms with Gasteiger partial charge in [0, 0.05) is 29.3 Å². The number of cyclic esters (lactones) is 1. The fourth-order valence-corrected chi connectivity index (χ4v) is 3.54. The molecular formula is C20H19NO5. The summed E-state index contributed by atoms with van der Waals surface area (Å²) in [4.78, 5) is 12.4. The number of nitrogens with one attached hydrogen (secondary N) is 1. The number of anilines is 1. The molecule has 0 saturated carbocycles. The van der Waals surface area contributed by atoms with Crippen LogP contribution in [0.15, 0.2) is 47.7 Å². The predicted molar refractivity (Wildman–Crippen MR) is 96.0 cm³/mol. The van der Waals surface area contributed by atoms with E-state index in [-0.39, 0.29) is 18.5 Å². The summed E-state index contributed by atoms with van der Waals surface area (Å²) in [5.74, 6) is 1.49. The first kappa shape index (κ1) is 16.3. The molecule has 0 amide bonds. The van der Waals surface area contributed by atoms with E-state index in [1.807, 2.05) is 36.4 Å². The van der Waals surface area contributed by atoms with Gasteiger partial charge in [-0.2, -0.15) is 0 Å². The molecule has 2 heterocycles. The number of rotatable bonds is 4. The van der Waals surface area contributed by atoms with Crippen LogP contribution in [0.2, 0.25) is 0 Å². The Morgan fingerprint density at radius 3 is 2.38 bits per heavy atom. The third-order valence-electron chi connectivity index (χ3n) is 4.78. The van der Waals surface area contributed by atoms with Gasteiger partial charge in [-0.3, -0.25) is 0 Å². The fraction of sp³-hybridized carbons (Fsp3) is 0.250. The van der Waals surface area contributed by atoms with E-state index in [2.05, 4.69) is 5.32 Å². The minimum Gasteiger partial charge on any atom is -0.497 e. The quantitative estimate of drug-likeness (QED) is 0.852. The van der Waals surface area contributed by atoms with E-state index < -0.39 is 0 Å². The van der Waals surface area contributed by atoms with Gasteiger partial charge in [-0.15, -0.1) is 0 Å².